The van der Waals surface area contributed by atoms with Gasteiger partial charge in [0.1, 0.15) is 11.3 Å². The average Bonchev–Trinajstić information content (AvgIpc) is 3.03. The van der Waals surface area contributed by atoms with E-state index in [1.165, 1.54) is 6.07 Å². The lowest BCUT2D eigenvalue weighted by Gasteiger charge is -2.53. The Kier molecular flexibility index (Phi) is 5.27. The van der Waals surface area contributed by atoms with Crippen LogP contribution in [0.2, 0.25) is 0 Å². The highest BCUT2D eigenvalue weighted by Gasteiger charge is 2.50. The van der Waals surface area contributed by atoms with Crippen molar-refractivity contribution in [2.45, 2.75) is 76.7 Å². The summed E-state index contributed by atoms with van der Waals surface area (Å²) in [6.07, 6.45) is 2.19. The van der Waals surface area contributed by atoms with E-state index in [0.717, 1.165) is 33.0 Å². The van der Waals surface area contributed by atoms with Crippen LogP contribution in [0.15, 0.2) is 12.1 Å². The molecule has 0 unspecified atom stereocenters. The monoisotopic (exact) mass is 467 g/mol. The molecule has 2 aromatic heterocycles. The van der Waals surface area contributed by atoms with E-state index in [0.29, 0.717) is 29.8 Å². The first-order chi connectivity index (χ1) is 15.4. The average molecular weight is 468 g/mol. The molecule has 3 fully saturated rings. The molecule has 0 bridgehead atoms. The Morgan fingerprint density at radius 2 is 1.91 bits per heavy atom. The van der Waals surface area contributed by atoms with Crippen molar-refractivity contribution in [1.82, 2.24) is 14.7 Å². The third-order valence-electron chi connectivity index (χ3n) is 7.51. The van der Waals surface area contributed by atoms with Crippen LogP contribution in [0.1, 0.15) is 72.9 Å². The van der Waals surface area contributed by atoms with Crippen LogP contribution in [0.4, 0.5) is 17.6 Å². The predicted molar refractivity (Wildman–Crippen MR) is 114 cm³/mol. The Labute approximate surface area is 189 Å². The summed E-state index contributed by atoms with van der Waals surface area (Å²) >= 11 is 0. The molecular weight excluding hydrogens is 438 g/mol. The Morgan fingerprint density at radius 1 is 1.24 bits per heavy atom. The molecule has 180 valence electrons. The number of alkyl halides is 4. The fourth-order valence-electron chi connectivity index (χ4n) is 5.66. The smallest absolute Gasteiger partial charge is 0.288 e. The van der Waals surface area contributed by atoms with Gasteiger partial charge >= 0.3 is 0 Å². The molecule has 33 heavy (non-hydrogen) atoms. The molecule has 5 rings (SSSR count). The van der Waals surface area contributed by atoms with E-state index in [-0.39, 0.29) is 53.9 Å². The minimum Gasteiger partial charge on any atom is -0.380 e. The highest BCUT2D eigenvalue weighted by Crippen LogP contribution is 2.47. The van der Waals surface area contributed by atoms with Gasteiger partial charge in [0.05, 0.1) is 18.9 Å². The van der Waals surface area contributed by atoms with Crippen LogP contribution < -0.4 is 5.32 Å². The van der Waals surface area contributed by atoms with Crippen LogP contribution >= 0.6 is 0 Å². The maximum atomic E-state index is 14.5. The topological polar surface area (TPSA) is 55.6 Å². The van der Waals surface area contributed by atoms with Crippen molar-refractivity contribution in [1.29, 1.82) is 0 Å². The summed E-state index contributed by atoms with van der Waals surface area (Å²) in [4.78, 5) is 17.0. The van der Waals surface area contributed by atoms with E-state index in [2.05, 4.69) is 10.3 Å². The maximum absolute atomic E-state index is 14.5. The van der Waals surface area contributed by atoms with Crippen molar-refractivity contribution >= 4 is 11.6 Å². The highest BCUT2D eigenvalue weighted by atomic mass is 19.3. The zero-order valence-corrected chi connectivity index (χ0v) is 18.9. The fourth-order valence-corrected chi connectivity index (χ4v) is 5.66. The molecule has 1 saturated heterocycles. The number of ether oxygens (including phenoxy) is 1. The van der Waals surface area contributed by atoms with Crippen LogP contribution in [0.5, 0.6) is 0 Å². The molecule has 1 aliphatic heterocycles. The Morgan fingerprint density at radius 3 is 2.48 bits per heavy atom. The van der Waals surface area contributed by atoms with Gasteiger partial charge in [-0.3, -0.25) is 4.79 Å². The van der Waals surface area contributed by atoms with E-state index >= 15 is 0 Å². The summed E-state index contributed by atoms with van der Waals surface area (Å²) in [5.74, 6) is -6.20. The lowest BCUT2D eigenvalue weighted by atomic mass is 9.64. The van der Waals surface area contributed by atoms with Crippen LogP contribution in [0.25, 0.3) is 5.65 Å². The minimum atomic E-state index is -3.18. The van der Waals surface area contributed by atoms with Crippen LogP contribution in [-0.2, 0) is 17.1 Å². The third kappa shape index (κ3) is 4.24. The molecule has 3 heterocycles. The van der Waals surface area contributed by atoms with E-state index < -0.39 is 11.8 Å². The summed E-state index contributed by atoms with van der Waals surface area (Å²) in [6.45, 7) is 4.04. The van der Waals surface area contributed by atoms with Gasteiger partial charge in [-0.2, -0.15) is 8.78 Å². The number of imidazole rings is 1. The molecule has 1 spiro atoms. The third-order valence-corrected chi connectivity index (χ3v) is 7.51. The first kappa shape index (κ1) is 22.6. The standard InChI is InChI=1S/C24H29F4N3O2/c1-14-7-16(21(32)29-17-10-23(11-17)12-33-13-23)9-19-30-20(22(2,25)26)18(31(14)19)8-15-3-5-24(27,28)6-4-15/h7,9,15,17H,3-6,8,10-13H2,1-2H3,(H,29,32). The predicted octanol–water partition coefficient (Wildman–Crippen LogP) is 5.03. The number of hydrogen-bond acceptors (Lipinski definition) is 3. The number of carbonyl (C=O) groups excluding carboxylic acids is 1. The normalized spacial score (nSPS) is 22.8. The van der Waals surface area contributed by atoms with Crippen molar-refractivity contribution in [3.05, 3.63) is 34.8 Å². The number of aromatic nitrogens is 2. The van der Waals surface area contributed by atoms with Gasteiger partial charge in [0, 0.05) is 42.5 Å². The summed E-state index contributed by atoms with van der Waals surface area (Å²) < 4.78 is 63.0. The molecule has 0 aromatic carbocycles. The first-order valence-corrected chi connectivity index (χ1v) is 11.6. The van der Waals surface area contributed by atoms with Crippen molar-refractivity contribution in [2.75, 3.05) is 13.2 Å². The summed E-state index contributed by atoms with van der Waals surface area (Å²) in [5.41, 5.74) is 1.51. The molecule has 0 radical (unpaired) electrons. The van der Waals surface area contributed by atoms with Gasteiger partial charge in [-0.25, -0.2) is 13.8 Å². The molecule has 9 heteroatoms. The van der Waals surface area contributed by atoms with Crippen molar-refractivity contribution in [3.8, 4) is 0 Å². The van der Waals surface area contributed by atoms with Gasteiger partial charge < -0.3 is 14.5 Å². The summed E-state index contributed by atoms with van der Waals surface area (Å²) in [6, 6.07) is 3.31. The second-order valence-electron chi connectivity index (χ2n) is 10.4. The lowest BCUT2D eigenvalue weighted by molar-refractivity contribution is -0.165. The SMILES string of the molecule is Cc1cc(C(=O)NC2CC3(COC3)C2)cc2nc(C(C)(F)F)c(CC3CCC(F)(F)CC3)n12. The van der Waals surface area contributed by atoms with Gasteiger partial charge in [0.15, 0.2) is 0 Å². The first-order valence-electron chi connectivity index (χ1n) is 11.6. The van der Waals surface area contributed by atoms with Crippen LogP contribution in [0.3, 0.4) is 0 Å². The fraction of sp³-hybridized carbons (Fsp3) is 0.667. The number of aryl methyl sites for hydroxylation is 1. The number of rotatable bonds is 5. The van der Waals surface area contributed by atoms with E-state index in [9.17, 15) is 22.4 Å². The lowest BCUT2D eigenvalue weighted by Crippen LogP contribution is -2.59. The zero-order valence-electron chi connectivity index (χ0n) is 18.9. The number of hydrogen-bond donors (Lipinski definition) is 1. The molecule has 0 atom stereocenters. The molecule has 5 nitrogen and oxygen atoms in total. The maximum Gasteiger partial charge on any atom is 0.288 e. The molecule has 2 aliphatic carbocycles. The van der Waals surface area contributed by atoms with Gasteiger partial charge in [-0.15, -0.1) is 0 Å². The minimum absolute atomic E-state index is 0.0909. The Hall–Kier alpha value is -2.16. The number of pyridine rings is 1. The Balaban J connectivity index is 1.40. The molecule has 2 aromatic rings. The summed E-state index contributed by atoms with van der Waals surface area (Å²) in [5, 5.41) is 3.02. The number of carbonyl (C=O) groups is 1. The highest BCUT2D eigenvalue weighted by molar-refractivity contribution is 5.95. The second kappa shape index (κ2) is 7.68. The van der Waals surface area contributed by atoms with E-state index in [1.54, 1.807) is 17.4 Å². The van der Waals surface area contributed by atoms with Gasteiger partial charge in [0.2, 0.25) is 5.92 Å². The van der Waals surface area contributed by atoms with Gasteiger partial charge in [-0.05, 0) is 57.1 Å². The van der Waals surface area contributed by atoms with Gasteiger partial charge in [0.25, 0.3) is 11.8 Å². The Bertz CT molecular complexity index is 1070. The second-order valence-corrected chi connectivity index (χ2v) is 10.4. The zero-order chi connectivity index (χ0) is 23.6. The van der Waals surface area contributed by atoms with Crippen molar-refractivity contribution < 1.29 is 27.1 Å². The number of nitrogens with zero attached hydrogens (tertiary/aromatic N) is 2. The van der Waals surface area contributed by atoms with Crippen molar-refractivity contribution in [2.24, 2.45) is 11.3 Å². The molecular formula is C24H29F4N3O2. The largest absolute Gasteiger partial charge is 0.380 e. The van der Waals surface area contributed by atoms with Gasteiger partial charge in [-0.1, -0.05) is 0 Å². The summed E-state index contributed by atoms with van der Waals surface area (Å²) in [7, 11) is 0. The van der Waals surface area contributed by atoms with Crippen LogP contribution in [0, 0.1) is 18.3 Å². The van der Waals surface area contributed by atoms with E-state index in [4.69, 9.17) is 4.74 Å². The van der Waals surface area contributed by atoms with Crippen LogP contribution in [-0.4, -0.2) is 40.5 Å². The number of halogens is 4. The molecule has 3 aliphatic rings. The molecule has 1 amide bonds. The van der Waals surface area contributed by atoms with Crippen molar-refractivity contribution in [3.63, 3.8) is 0 Å². The molecule has 2 saturated carbocycles. The quantitative estimate of drug-likeness (QED) is 0.628. The van der Waals surface area contributed by atoms with E-state index in [1.807, 2.05) is 0 Å². The molecule has 1 N–H and O–H groups in total. The number of nitrogens with one attached hydrogen (secondary N) is 1. The number of fused-ring (bicyclic) bond motifs is 1. The number of amides is 1.